The molecule has 0 radical (unpaired) electrons. The lowest BCUT2D eigenvalue weighted by molar-refractivity contribution is 0.0972. The van der Waals surface area contributed by atoms with Crippen LogP contribution in [0.2, 0.25) is 0 Å². The van der Waals surface area contributed by atoms with Gasteiger partial charge < -0.3 is 10.1 Å². The summed E-state index contributed by atoms with van der Waals surface area (Å²) in [7, 11) is 1.66. The molecule has 4 heteroatoms. The number of methoxy groups -OCH3 is 1. The van der Waals surface area contributed by atoms with E-state index in [1.54, 1.807) is 7.11 Å². The van der Waals surface area contributed by atoms with E-state index in [4.69, 9.17) is 9.72 Å². The molecule has 0 spiro atoms. The van der Waals surface area contributed by atoms with Gasteiger partial charge in [0.1, 0.15) is 5.75 Å². The highest BCUT2D eigenvalue weighted by molar-refractivity contribution is 6.09. The van der Waals surface area contributed by atoms with Gasteiger partial charge in [0.25, 0.3) is 0 Å². The summed E-state index contributed by atoms with van der Waals surface area (Å²) < 4.78 is 5.29. The molecule has 2 aromatic carbocycles. The van der Waals surface area contributed by atoms with Crippen LogP contribution in [0.1, 0.15) is 34.5 Å². The van der Waals surface area contributed by atoms with E-state index >= 15 is 0 Å². The third kappa shape index (κ3) is 2.95. The number of nitrogens with one attached hydrogen (secondary N) is 1. The van der Waals surface area contributed by atoms with E-state index < -0.39 is 0 Å². The highest BCUT2D eigenvalue weighted by Gasteiger charge is 2.24. The summed E-state index contributed by atoms with van der Waals surface area (Å²) in [6.07, 6.45) is 2.34. The van der Waals surface area contributed by atoms with Gasteiger partial charge in [0.2, 0.25) is 0 Å². The Kier molecular flexibility index (Phi) is 4.10. The van der Waals surface area contributed by atoms with Gasteiger partial charge in [-0.2, -0.15) is 0 Å². The van der Waals surface area contributed by atoms with E-state index in [1.807, 2.05) is 48.5 Å². The number of benzene rings is 2. The molecule has 3 aromatic rings. The number of carbonyl (C=O) groups is 1. The van der Waals surface area contributed by atoms with Crippen molar-refractivity contribution in [2.24, 2.45) is 0 Å². The van der Waals surface area contributed by atoms with Crippen LogP contribution in [0.25, 0.3) is 10.9 Å². The number of para-hydroxylation sites is 1. The normalized spacial score (nSPS) is 13.6. The number of rotatable bonds is 4. The van der Waals surface area contributed by atoms with Gasteiger partial charge in [0.05, 0.1) is 29.6 Å². The van der Waals surface area contributed by atoms with Crippen molar-refractivity contribution < 1.29 is 9.53 Å². The number of carbonyl (C=O) groups excluding carboxylic acids is 1. The van der Waals surface area contributed by atoms with E-state index in [0.29, 0.717) is 13.0 Å². The van der Waals surface area contributed by atoms with Crippen LogP contribution >= 0.6 is 0 Å². The van der Waals surface area contributed by atoms with Crippen molar-refractivity contribution in [3.8, 4) is 5.75 Å². The number of Topliss-reactive ketones (excluding diaryl/α,β-unsaturated/α-hetero) is 1. The first-order valence-electron chi connectivity index (χ1n) is 8.58. The van der Waals surface area contributed by atoms with Gasteiger partial charge in [-0.3, -0.25) is 9.78 Å². The maximum absolute atomic E-state index is 12.6. The van der Waals surface area contributed by atoms with Gasteiger partial charge >= 0.3 is 0 Å². The number of aromatic nitrogens is 1. The first-order chi connectivity index (χ1) is 12.3. The van der Waals surface area contributed by atoms with Crippen LogP contribution in [0.5, 0.6) is 5.75 Å². The van der Waals surface area contributed by atoms with E-state index in [1.165, 1.54) is 0 Å². The second-order valence-electron chi connectivity index (χ2n) is 6.31. The zero-order valence-electron chi connectivity index (χ0n) is 14.2. The third-order valence-corrected chi connectivity index (χ3v) is 4.67. The predicted octanol–water partition coefficient (Wildman–Crippen LogP) is 4.37. The highest BCUT2D eigenvalue weighted by Crippen LogP contribution is 2.33. The maximum atomic E-state index is 12.6. The average molecular weight is 332 g/mol. The van der Waals surface area contributed by atoms with Crippen molar-refractivity contribution >= 4 is 22.4 Å². The van der Waals surface area contributed by atoms with Crippen LogP contribution in [0, 0.1) is 0 Å². The molecule has 0 aliphatic heterocycles. The molecule has 0 saturated carbocycles. The Morgan fingerprint density at radius 2 is 2.00 bits per heavy atom. The van der Waals surface area contributed by atoms with Crippen molar-refractivity contribution in [2.75, 3.05) is 12.4 Å². The molecule has 1 aromatic heterocycles. The first-order valence-corrected chi connectivity index (χ1v) is 8.58. The topological polar surface area (TPSA) is 51.2 Å². The smallest absolute Gasteiger partial charge is 0.166 e. The standard InChI is InChI=1S/C21H20N2O2/c1-25-15-7-4-6-14(12-15)13-22-21-16-8-2-3-9-17(16)23-18-10-5-11-19(24)20(18)21/h2-4,6-9,12H,5,10-11,13H2,1H3,(H,22,23). The van der Waals surface area contributed by atoms with Gasteiger partial charge in [-0.25, -0.2) is 0 Å². The maximum Gasteiger partial charge on any atom is 0.166 e. The van der Waals surface area contributed by atoms with Crippen molar-refractivity contribution in [2.45, 2.75) is 25.8 Å². The van der Waals surface area contributed by atoms with Gasteiger partial charge in [-0.05, 0) is 36.6 Å². The average Bonchev–Trinajstić information content (AvgIpc) is 2.65. The number of hydrogen-bond acceptors (Lipinski definition) is 4. The Labute approximate surface area is 146 Å². The quantitative estimate of drug-likeness (QED) is 0.770. The van der Waals surface area contributed by atoms with E-state index in [0.717, 1.165) is 52.0 Å². The van der Waals surface area contributed by atoms with Crippen LogP contribution < -0.4 is 10.1 Å². The van der Waals surface area contributed by atoms with Crippen LogP contribution in [-0.2, 0) is 13.0 Å². The number of aryl methyl sites for hydroxylation is 1. The Morgan fingerprint density at radius 3 is 2.88 bits per heavy atom. The molecule has 1 aliphatic rings. The number of anilines is 1. The molecule has 126 valence electrons. The van der Waals surface area contributed by atoms with Gasteiger partial charge in [-0.1, -0.05) is 30.3 Å². The second kappa shape index (κ2) is 6.55. The van der Waals surface area contributed by atoms with E-state index in [2.05, 4.69) is 5.32 Å². The molecule has 0 unspecified atom stereocenters. The minimum absolute atomic E-state index is 0.188. The minimum atomic E-state index is 0.188. The van der Waals surface area contributed by atoms with Crippen molar-refractivity contribution in [3.05, 3.63) is 65.4 Å². The van der Waals surface area contributed by atoms with E-state index in [-0.39, 0.29) is 5.78 Å². The van der Waals surface area contributed by atoms with Crippen molar-refractivity contribution in [3.63, 3.8) is 0 Å². The summed E-state index contributed by atoms with van der Waals surface area (Å²) in [6.45, 7) is 0.630. The van der Waals surface area contributed by atoms with Gasteiger partial charge in [0.15, 0.2) is 5.78 Å². The van der Waals surface area contributed by atoms with Crippen molar-refractivity contribution in [1.29, 1.82) is 0 Å². The summed E-state index contributed by atoms with van der Waals surface area (Å²) in [5.41, 5.74) is 4.64. The van der Waals surface area contributed by atoms with Gasteiger partial charge in [0, 0.05) is 18.4 Å². The number of nitrogens with zero attached hydrogens (tertiary/aromatic N) is 1. The molecule has 4 nitrogen and oxygen atoms in total. The highest BCUT2D eigenvalue weighted by atomic mass is 16.5. The number of fused-ring (bicyclic) bond motifs is 2. The molecule has 25 heavy (non-hydrogen) atoms. The number of pyridine rings is 1. The molecule has 0 fully saturated rings. The summed E-state index contributed by atoms with van der Waals surface area (Å²) in [5, 5.41) is 4.50. The molecule has 0 saturated heterocycles. The molecule has 0 amide bonds. The third-order valence-electron chi connectivity index (χ3n) is 4.67. The van der Waals surface area contributed by atoms with E-state index in [9.17, 15) is 4.79 Å². The summed E-state index contributed by atoms with van der Waals surface area (Å²) in [6, 6.07) is 16.0. The SMILES string of the molecule is COc1cccc(CNc2c3c(nc4ccccc24)CCCC3=O)c1. The molecule has 1 aliphatic carbocycles. The van der Waals surface area contributed by atoms with Gasteiger partial charge in [-0.15, -0.1) is 0 Å². The Bertz CT molecular complexity index is 950. The Balaban J connectivity index is 1.77. The largest absolute Gasteiger partial charge is 0.497 e. The first kappa shape index (κ1) is 15.6. The van der Waals surface area contributed by atoms with Crippen LogP contribution in [0.4, 0.5) is 5.69 Å². The van der Waals surface area contributed by atoms with Crippen molar-refractivity contribution in [1.82, 2.24) is 4.98 Å². The fraction of sp³-hybridized carbons (Fsp3) is 0.238. The lowest BCUT2D eigenvalue weighted by Gasteiger charge is -2.21. The molecule has 4 rings (SSSR count). The number of hydrogen-bond donors (Lipinski definition) is 1. The number of ketones is 1. The fourth-order valence-electron chi connectivity index (χ4n) is 3.44. The molecule has 0 atom stereocenters. The summed E-state index contributed by atoms with van der Waals surface area (Å²) >= 11 is 0. The van der Waals surface area contributed by atoms with Crippen LogP contribution in [0.15, 0.2) is 48.5 Å². The predicted molar refractivity (Wildman–Crippen MR) is 99.3 cm³/mol. The van der Waals surface area contributed by atoms with Crippen LogP contribution in [-0.4, -0.2) is 17.9 Å². The Hall–Kier alpha value is -2.88. The van der Waals surface area contributed by atoms with Crippen LogP contribution in [0.3, 0.4) is 0 Å². The summed E-state index contributed by atoms with van der Waals surface area (Å²) in [4.78, 5) is 17.3. The summed E-state index contributed by atoms with van der Waals surface area (Å²) in [5.74, 6) is 1.02. The fourth-order valence-corrected chi connectivity index (χ4v) is 3.44. The zero-order chi connectivity index (χ0) is 17.2. The number of ether oxygens (including phenoxy) is 1. The molecule has 0 bridgehead atoms. The monoisotopic (exact) mass is 332 g/mol. The zero-order valence-corrected chi connectivity index (χ0v) is 14.2. The minimum Gasteiger partial charge on any atom is -0.497 e. The molecular weight excluding hydrogens is 312 g/mol. The molecule has 1 N–H and O–H groups in total. The molecule has 1 heterocycles. The lowest BCUT2D eigenvalue weighted by Crippen LogP contribution is -2.16. The molecular formula is C21H20N2O2. The second-order valence-corrected chi connectivity index (χ2v) is 6.31. The lowest BCUT2D eigenvalue weighted by atomic mass is 9.91. The Morgan fingerprint density at radius 1 is 1.12 bits per heavy atom.